The van der Waals surface area contributed by atoms with Crippen LogP contribution in [0.1, 0.15) is 22.3 Å². The van der Waals surface area contributed by atoms with E-state index in [4.69, 9.17) is 26.4 Å². The molecule has 1 saturated heterocycles. The third-order valence-corrected chi connectivity index (χ3v) is 6.88. The number of hydrogen-bond acceptors (Lipinski definition) is 6. The number of benzene rings is 4. The minimum Gasteiger partial charge on any atom is -0.489 e. The van der Waals surface area contributed by atoms with Gasteiger partial charge in [-0.05, 0) is 22.8 Å². The van der Waals surface area contributed by atoms with E-state index in [1.807, 2.05) is 103 Å². The highest BCUT2D eigenvalue weighted by Gasteiger charge is 2.24. The van der Waals surface area contributed by atoms with Crippen molar-refractivity contribution in [2.75, 3.05) is 0 Å². The zero-order valence-corrected chi connectivity index (χ0v) is 22.1. The van der Waals surface area contributed by atoms with Crippen LogP contribution in [0, 0.1) is 0 Å². The fourth-order valence-corrected chi connectivity index (χ4v) is 4.83. The topological polar surface area (TPSA) is 56.8 Å². The number of hydrogen-bond donors (Lipinski definition) is 1. The van der Waals surface area contributed by atoms with E-state index in [-0.39, 0.29) is 5.91 Å². The van der Waals surface area contributed by atoms with E-state index in [0.29, 0.717) is 51.9 Å². The first-order valence-corrected chi connectivity index (χ1v) is 13.3. The van der Waals surface area contributed by atoms with Gasteiger partial charge in [0.05, 0.1) is 10.5 Å². The lowest BCUT2D eigenvalue weighted by atomic mass is 10.1. The third-order valence-electron chi connectivity index (χ3n) is 5.72. The minimum absolute atomic E-state index is 0.243. The van der Waals surface area contributed by atoms with Gasteiger partial charge in [-0.3, -0.25) is 4.79 Å². The Morgan fingerprint density at radius 2 is 1.13 bits per heavy atom. The van der Waals surface area contributed by atoms with Crippen LogP contribution in [0.3, 0.4) is 0 Å². The molecule has 0 atom stereocenters. The van der Waals surface area contributed by atoms with E-state index in [9.17, 15) is 4.79 Å². The van der Waals surface area contributed by atoms with Gasteiger partial charge in [0.15, 0.2) is 0 Å². The van der Waals surface area contributed by atoms with Gasteiger partial charge in [-0.1, -0.05) is 115 Å². The van der Waals surface area contributed by atoms with Gasteiger partial charge in [0.1, 0.15) is 41.4 Å². The Bertz CT molecular complexity index is 1380. The molecule has 4 aromatic rings. The van der Waals surface area contributed by atoms with Gasteiger partial charge in [-0.2, -0.15) is 0 Å². The number of thioether (sulfide) groups is 1. The highest BCUT2D eigenvalue weighted by atomic mass is 32.2. The zero-order valence-electron chi connectivity index (χ0n) is 20.5. The summed E-state index contributed by atoms with van der Waals surface area (Å²) in [5, 5.41) is 2.67. The zero-order chi connectivity index (χ0) is 26.2. The van der Waals surface area contributed by atoms with Gasteiger partial charge in [0, 0.05) is 12.1 Å². The SMILES string of the molecule is O=C1NC(=S)SC1=Cc1c(OCc2ccccc2)cc(OCc2ccccc2)cc1OCc1ccccc1. The molecule has 0 saturated carbocycles. The second-order valence-corrected chi connectivity index (χ2v) is 10.2. The Morgan fingerprint density at radius 1 is 0.684 bits per heavy atom. The van der Waals surface area contributed by atoms with Crippen LogP contribution < -0.4 is 19.5 Å². The van der Waals surface area contributed by atoms with Gasteiger partial charge in [-0.25, -0.2) is 0 Å². The van der Waals surface area contributed by atoms with Crippen molar-refractivity contribution >= 4 is 40.3 Å². The van der Waals surface area contributed by atoms with E-state index in [0.717, 1.165) is 16.7 Å². The monoisotopic (exact) mass is 539 g/mol. The van der Waals surface area contributed by atoms with Crippen molar-refractivity contribution < 1.29 is 19.0 Å². The molecule has 5 rings (SSSR count). The van der Waals surface area contributed by atoms with Crippen LogP contribution in [0.25, 0.3) is 6.08 Å². The van der Waals surface area contributed by atoms with Crippen LogP contribution in [0.5, 0.6) is 17.2 Å². The van der Waals surface area contributed by atoms with Gasteiger partial charge >= 0.3 is 0 Å². The lowest BCUT2D eigenvalue weighted by molar-refractivity contribution is -0.115. The van der Waals surface area contributed by atoms with Crippen LogP contribution in [0.15, 0.2) is 108 Å². The van der Waals surface area contributed by atoms with Crippen LogP contribution in [0.4, 0.5) is 0 Å². The lowest BCUT2D eigenvalue weighted by Gasteiger charge is -2.18. The molecule has 0 unspecified atom stereocenters. The molecule has 4 aromatic carbocycles. The third kappa shape index (κ3) is 6.82. The molecule has 0 radical (unpaired) electrons. The summed E-state index contributed by atoms with van der Waals surface area (Å²) in [6, 6.07) is 33.4. The lowest BCUT2D eigenvalue weighted by Crippen LogP contribution is -2.17. The molecule has 7 heteroatoms. The van der Waals surface area contributed by atoms with E-state index in [2.05, 4.69) is 5.32 Å². The molecule has 190 valence electrons. The van der Waals surface area contributed by atoms with Gasteiger partial charge in [0.2, 0.25) is 0 Å². The maximum atomic E-state index is 12.5. The average molecular weight is 540 g/mol. The molecule has 1 heterocycles. The predicted molar refractivity (Wildman–Crippen MR) is 155 cm³/mol. The van der Waals surface area contributed by atoms with E-state index < -0.39 is 0 Å². The van der Waals surface area contributed by atoms with Crippen molar-refractivity contribution in [2.24, 2.45) is 0 Å². The van der Waals surface area contributed by atoms with E-state index in [1.54, 1.807) is 6.08 Å². The minimum atomic E-state index is -0.243. The summed E-state index contributed by atoms with van der Waals surface area (Å²) >= 11 is 6.41. The number of rotatable bonds is 10. The predicted octanol–water partition coefficient (Wildman–Crippen LogP) is 6.91. The van der Waals surface area contributed by atoms with E-state index >= 15 is 0 Å². The quantitative estimate of drug-likeness (QED) is 0.175. The van der Waals surface area contributed by atoms with Crippen molar-refractivity contribution in [1.82, 2.24) is 5.32 Å². The summed E-state index contributed by atoms with van der Waals surface area (Å²) in [6.07, 6.45) is 1.76. The number of carbonyl (C=O) groups is 1. The number of carbonyl (C=O) groups excluding carboxylic acids is 1. The Morgan fingerprint density at radius 3 is 1.55 bits per heavy atom. The second-order valence-electron chi connectivity index (χ2n) is 8.51. The summed E-state index contributed by atoms with van der Waals surface area (Å²) in [5.74, 6) is 1.44. The van der Waals surface area contributed by atoms with Gasteiger partial charge in [0.25, 0.3) is 5.91 Å². The molecular weight excluding hydrogens is 514 g/mol. The van der Waals surface area contributed by atoms with Gasteiger partial charge < -0.3 is 19.5 Å². The molecule has 0 spiro atoms. The fourth-order valence-electron chi connectivity index (χ4n) is 3.81. The standard InChI is InChI=1S/C31H25NO4S2/c33-30-29(38-31(37)32-30)18-26-27(35-20-23-12-6-2-7-13-23)16-25(34-19-22-10-4-1-5-11-22)17-28(26)36-21-24-14-8-3-9-15-24/h1-18H,19-21H2,(H,32,33,37). The maximum Gasteiger partial charge on any atom is 0.263 e. The highest BCUT2D eigenvalue weighted by molar-refractivity contribution is 8.26. The van der Waals surface area contributed by atoms with Crippen LogP contribution >= 0.6 is 24.0 Å². The highest BCUT2D eigenvalue weighted by Crippen LogP contribution is 2.39. The molecule has 0 aliphatic carbocycles. The fraction of sp³-hybridized carbons (Fsp3) is 0.0968. The molecule has 1 N–H and O–H groups in total. The summed E-state index contributed by atoms with van der Waals surface area (Å²) in [5.41, 5.74) is 3.72. The maximum absolute atomic E-state index is 12.5. The first-order chi connectivity index (χ1) is 18.6. The number of ether oxygens (including phenoxy) is 3. The average Bonchev–Trinajstić information content (AvgIpc) is 3.28. The first-order valence-electron chi connectivity index (χ1n) is 12.1. The largest absolute Gasteiger partial charge is 0.489 e. The molecule has 1 aliphatic heterocycles. The van der Waals surface area contributed by atoms with Crippen LogP contribution in [0.2, 0.25) is 0 Å². The molecule has 0 bridgehead atoms. The molecule has 0 aromatic heterocycles. The Kier molecular flexibility index (Phi) is 8.38. The Balaban J connectivity index is 1.52. The van der Waals surface area contributed by atoms with Crippen molar-refractivity contribution in [3.63, 3.8) is 0 Å². The van der Waals surface area contributed by atoms with Gasteiger partial charge in [-0.15, -0.1) is 0 Å². The van der Waals surface area contributed by atoms with Crippen LogP contribution in [-0.2, 0) is 24.6 Å². The van der Waals surface area contributed by atoms with Crippen LogP contribution in [-0.4, -0.2) is 10.2 Å². The van der Waals surface area contributed by atoms with E-state index in [1.165, 1.54) is 11.8 Å². The molecule has 5 nitrogen and oxygen atoms in total. The summed E-state index contributed by atoms with van der Waals surface area (Å²) in [6.45, 7) is 1.08. The number of nitrogens with one attached hydrogen (secondary N) is 1. The number of thiocarbonyl (C=S) groups is 1. The molecule has 1 aliphatic rings. The second kappa shape index (κ2) is 12.4. The smallest absolute Gasteiger partial charge is 0.263 e. The molecule has 38 heavy (non-hydrogen) atoms. The normalized spacial score (nSPS) is 13.8. The summed E-state index contributed by atoms with van der Waals surface area (Å²) in [4.78, 5) is 13.0. The molecule has 1 fully saturated rings. The molecular formula is C31H25NO4S2. The van der Waals surface area contributed by atoms with Crippen molar-refractivity contribution in [3.8, 4) is 17.2 Å². The molecule has 1 amide bonds. The summed E-state index contributed by atoms with van der Waals surface area (Å²) in [7, 11) is 0. The summed E-state index contributed by atoms with van der Waals surface area (Å²) < 4.78 is 19.2. The first kappa shape index (κ1) is 25.6. The van der Waals surface area contributed by atoms with Crippen molar-refractivity contribution in [3.05, 3.63) is 130 Å². The van der Waals surface area contributed by atoms with Crippen molar-refractivity contribution in [1.29, 1.82) is 0 Å². The number of amides is 1. The Hall–Kier alpha value is -4.07. The Labute approximate surface area is 231 Å². The van der Waals surface area contributed by atoms with Crippen molar-refractivity contribution in [2.45, 2.75) is 19.8 Å².